The number of nitrogens with two attached hydrogens (primary N) is 1. The Morgan fingerprint density at radius 3 is 2.69 bits per heavy atom. The van der Waals surface area contributed by atoms with Gasteiger partial charge in [0.15, 0.2) is 5.69 Å². The summed E-state index contributed by atoms with van der Waals surface area (Å²) in [6.07, 6.45) is 1.87. The number of aliphatic carboxylic acids is 1. The Morgan fingerprint density at radius 1 is 1.46 bits per heavy atom. The fraction of sp³-hybridized carbons (Fsp3) is 0. The molecule has 0 bridgehead atoms. The highest BCUT2D eigenvalue weighted by Crippen LogP contribution is 2.03. The molecule has 0 aliphatic heterocycles. The fourth-order valence-corrected chi connectivity index (χ4v) is 0.626. The van der Waals surface area contributed by atoms with E-state index in [4.69, 9.17) is 10.8 Å². The minimum Gasteiger partial charge on any atom is -0.478 e. The van der Waals surface area contributed by atoms with Gasteiger partial charge in [-0.25, -0.2) is 9.42 Å². The van der Waals surface area contributed by atoms with E-state index in [-0.39, 0.29) is 11.4 Å². The van der Waals surface area contributed by atoms with Gasteiger partial charge < -0.3 is 10.8 Å². The van der Waals surface area contributed by atoms with Crippen molar-refractivity contribution >= 4 is 18.0 Å². The molecule has 68 valence electrons. The molecule has 1 aromatic rings. The molecule has 0 aliphatic carbocycles. The number of nitrogens with zero attached hydrogens (tertiary/aromatic N) is 2. The zero-order valence-corrected chi connectivity index (χ0v) is 6.30. The van der Waals surface area contributed by atoms with Crippen molar-refractivity contribution in [3.05, 3.63) is 17.5 Å². The molecule has 7 nitrogen and oxygen atoms in total. The Kier molecular flexibility index (Phi) is 2.38. The van der Waals surface area contributed by atoms with Gasteiger partial charge in [-0.2, -0.15) is 0 Å². The Labute approximate surface area is 71.8 Å². The maximum absolute atomic E-state index is 10.6. The number of carbonyl (C=O) groups is 2. The second kappa shape index (κ2) is 3.48. The van der Waals surface area contributed by atoms with Crippen molar-refractivity contribution in [3.63, 3.8) is 0 Å². The molecule has 0 saturated heterocycles. The second-order valence-corrected chi connectivity index (χ2v) is 2.03. The number of primary amides is 1. The van der Waals surface area contributed by atoms with Crippen LogP contribution in [0.3, 0.4) is 0 Å². The number of carboxylic acid groups (broad SMARTS) is 1. The molecular formula is C6H5N3O4. The van der Waals surface area contributed by atoms with Gasteiger partial charge in [0.1, 0.15) is 5.69 Å². The van der Waals surface area contributed by atoms with E-state index in [0.29, 0.717) is 0 Å². The normalized spacial score (nSPS) is 10.5. The molecule has 7 heteroatoms. The molecule has 0 radical (unpaired) electrons. The van der Waals surface area contributed by atoms with E-state index in [1.54, 1.807) is 0 Å². The molecular weight excluding hydrogens is 178 g/mol. The number of carboxylic acids is 1. The third-order valence-corrected chi connectivity index (χ3v) is 1.13. The van der Waals surface area contributed by atoms with E-state index < -0.39 is 11.9 Å². The summed E-state index contributed by atoms with van der Waals surface area (Å²) < 4.78 is 4.19. The minimum atomic E-state index is -1.17. The smallest absolute Gasteiger partial charge is 0.328 e. The number of rotatable bonds is 3. The van der Waals surface area contributed by atoms with Gasteiger partial charge in [0, 0.05) is 6.08 Å². The molecule has 0 saturated carbocycles. The molecule has 0 atom stereocenters. The standard InChI is InChI=1S/C6H5N3O4/c7-6(12)5-3(8-13-9-5)1-2-4(10)11/h1-2H,(H2,7,12)(H,10,11)/b2-1+. The van der Waals surface area contributed by atoms with Crippen LogP contribution < -0.4 is 5.73 Å². The van der Waals surface area contributed by atoms with Crippen molar-refractivity contribution in [1.29, 1.82) is 0 Å². The van der Waals surface area contributed by atoms with Crippen LogP contribution in [-0.2, 0) is 4.79 Å². The zero-order valence-electron chi connectivity index (χ0n) is 6.30. The lowest BCUT2D eigenvalue weighted by molar-refractivity contribution is -0.131. The maximum atomic E-state index is 10.6. The van der Waals surface area contributed by atoms with Crippen molar-refractivity contribution < 1.29 is 19.3 Å². The van der Waals surface area contributed by atoms with Crippen LogP contribution in [0.5, 0.6) is 0 Å². The first-order valence-electron chi connectivity index (χ1n) is 3.14. The number of hydrogen-bond acceptors (Lipinski definition) is 5. The molecule has 1 heterocycles. The topological polar surface area (TPSA) is 119 Å². The Morgan fingerprint density at radius 2 is 2.15 bits per heavy atom. The van der Waals surface area contributed by atoms with Gasteiger partial charge in [-0.05, 0) is 16.4 Å². The Hall–Kier alpha value is -2.18. The average molecular weight is 183 g/mol. The van der Waals surface area contributed by atoms with Crippen LogP contribution in [0.15, 0.2) is 10.7 Å². The predicted octanol–water partition coefficient (Wildman–Crippen LogP) is -0.734. The predicted molar refractivity (Wildman–Crippen MR) is 39.5 cm³/mol. The van der Waals surface area contributed by atoms with Crippen LogP contribution >= 0.6 is 0 Å². The maximum Gasteiger partial charge on any atom is 0.328 e. The minimum absolute atomic E-state index is 0.00472. The quantitative estimate of drug-likeness (QED) is 0.596. The van der Waals surface area contributed by atoms with Gasteiger partial charge in [-0.3, -0.25) is 4.79 Å². The van der Waals surface area contributed by atoms with Crippen LogP contribution in [0.4, 0.5) is 0 Å². The molecule has 0 spiro atoms. The van der Waals surface area contributed by atoms with Crippen LogP contribution in [0.2, 0.25) is 0 Å². The van der Waals surface area contributed by atoms with Crippen molar-refractivity contribution in [1.82, 2.24) is 10.3 Å². The van der Waals surface area contributed by atoms with E-state index in [0.717, 1.165) is 12.2 Å². The first-order valence-corrected chi connectivity index (χ1v) is 3.14. The Balaban J connectivity index is 2.95. The SMILES string of the molecule is NC(=O)c1nonc1/C=C/C(=O)O. The van der Waals surface area contributed by atoms with Crippen LogP contribution in [-0.4, -0.2) is 27.3 Å². The zero-order chi connectivity index (χ0) is 9.84. The molecule has 1 amide bonds. The van der Waals surface area contributed by atoms with Crippen LogP contribution in [0, 0.1) is 0 Å². The third-order valence-electron chi connectivity index (χ3n) is 1.13. The highest BCUT2D eigenvalue weighted by Gasteiger charge is 2.12. The summed E-state index contributed by atoms with van der Waals surface area (Å²) in [5.41, 5.74) is 4.68. The molecule has 0 unspecified atom stereocenters. The lowest BCUT2D eigenvalue weighted by Crippen LogP contribution is -2.12. The molecule has 1 aromatic heterocycles. The number of hydrogen-bond donors (Lipinski definition) is 2. The summed E-state index contributed by atoms with van der Waals surface area (Å²) >= 11 is 0. The summed E-state index contributed by atoms with van der Waals surface area (Å²) in [7, 11) is 0. The lowest BCUT2D eigenvalue weighted by Gasteiger charge is -1.84. The number of carbonyl (C=O) groups excluding carboxylic acids is 1. The van der Waals surface area contributed by atoms with Crippen molar-refractivity contribution in [2.75, 3.05) is 0 Å². The molecule has 3 N–H and O–H groups in total. The van der Waals surface area contributed by atoms with Crippen molar-refractivity contribution in [2.45, 2.75) is 0 Å². The van der Waals surface area contributed by atoms with E-state index in [9.17, 15) is 9.59 Å². The monoisotopic (exact) mass is 183 g/mol. The molecule has 1 rings (SSSR count). The van der Waals surface area contributed by atoms with E-state index in [2.05, 4.69) is 14.9 Å². The molecule has 0 aromatic carbocycles. The lowest BCUT2D eigenvalue weighted by atomic mass is 10.3. The second-order valence-electron chi connectivity index (χ2n) is 2.03. The summed E-state index contributed by atoms with van der Waals surface area (Å²) in [6, 6.07) is 0. The van der Waals surface area contributed by atoms with Crippen molar-refractivity contribution in [2.24, 2.45) is 5.73 Å². The average Bonchev–Trinajstić information content (AvgIpc) is 2.47. The summed E-state index contributed by atoms with van der Waals surface area (Å²) in [5.74, 6) is -2.00. The van der Waals surface area contributed by atoms with Gasteiger partial charge in [0.05, 0.1) is 0 Å². The van der Waals surface area contributed by atoms with Crippen LogP contribution in [0.25, 0.3) is 6.08 Å². The van der Waals surface area contributed by atoms with E-state index in [1.165, 1.54) is 0 Å². The first-order chi connectivity index (χ1) is 6.11. The largest absolute Gasteiger partial charge is 0.478 e. The van der Waals surface area contributed by atoms with Crippen LogP contribution in [0.1, 0.15) is 16.2 Å². The third kappa shape index (κ3) is 2.12. The van der Waals surface area contributed by atoms with E-state index in [1.807, 2.05) is 0 Å². The highest BCUT2D eigenvalue weighted by molar-refractivity contribution is 5.95. The highest BCUT2D eigenvalue weighted by atomic mass is 16.6. The van der Waals surface area contributed by atoms with E-state index >= 15 is 0 Å². The van der Waals surface area contributed by atoms with Gasteiger partial charge in [0.25, 0.3) is 5.91 Å². The summed E-state index contributed by atoms with van der Waals surface area (Å²) in [4.78, 5) is 20.7. The van der Waals surface area contributed by atoms with Crippen molar-refractivity contribution in [3.8, 4) is 0 Å². The Bertz CT molecular complexity index is 368. The van der Waals surface area contributed by atoms with Gasteiger partial charge in [-0.1, -0.05) is 0 Å². The number of amides is 1. The van der Waals surface area contributed by atoms with Gasteiger partial charge in [0.2, 0.25) is 0 Å². The van der Waals surface area contributed by atoms with Gasteiger partial charge >= 0.3 is 5.97 Å². The first kappa shape index (κ1) is 8.91. The molecule has 0 aliphatic rings. The number of aromatic nitrogens is 2. The molecule has 0 fully saturated rings. The molecule has 13 heavy (non-hydrogen) atoms. The summed E-state index contributed by atoms with van der Waals surface area (Å²) in [5, 5.41) is 14.7. The summed E-state index contributed by atoms with van der Waals surface area (Å²) in [6.45, 7) is 0. The fourth-order valence-electron chi connectivity index (χ4n) is 0.626. The van der Waals surface area contributed by atoms with Gasteiger partial charge in [-0.15, -0.1) is 0 Å².